The van der Waals surface area contributed by atoms with Gasteiger partial charge in [-0.25, -0.2) is 0 Å². The van der Waals surface area contributed by atoms with Crippen molar-refractivity contribution in [3.8, 4) is 0 Å². The number of hydrogen-bond acceptors (Lipinski definition) is 3. The first-order chi connectivity index (χ1) is 20.3. The maximum atomic E-state index is 13.7. The molecule has 42 heavy (non-hydrogen) atoms. The van der Waals surface area contributed by atoms with Crippen molar-refractivity contribution in [1.29, 1.82) is 0 Å². The number of likely N-dealkylation sites (tertiary alicyclic amines) is 2. The number of nitrogens with zero attached hydrogens (tertiary/aromatic N) is 3. The molecule has 2 amide bonds. The van der Waals surface area contributed by atoms with Crippen LogP contribution >= 0.6 is 23.2 Å². The monoisotopic (exact) mass is 603 g/mol. The quantitative estimate of drug-likeness (QED) is 0.306. The van der Waals surface area contributed by atoms with Gasteiger partial charge in [-0.05, 0) is 86.7 Å². The van der Waals surface area contributed by atoms with Crippen LogP contribution in [0, 0.1) is 0 Å². The molecular formula is C35H39Cl2N3O2. The van der Waals surface area contributed by atoms with E-state index in [4.69, 9.17) is 23.2 Å². The van der Waals surface area contributed by atoms with Gasteiger partial charge in [-0.15, -0.1) is 0 Å². The number of carbonyl (C=O) groups excluding carboxylic acids is 2. The Morgan fingerprint density at radius 1 is 0.857 bits per heavy atom. The lowest BCUT2D eigenvalue weighted by Crippen LogP contribution is -2.61. The van der Waals surface area contributed by atoms with Crippen LogP contribution < -0.4 is 4.90 Å². The lowest BCUT2D eigenvalue weighted by molar-refractivity contribution is -0.116. The molecule has 7 heteroatoms. The number of hydrogen-bond donors (Lipinski definition) is 0. The minimum atomic E-state index is -0.283. The van der Waals surface area contributed by atoms with E-state index >= 15 is 0 Å². The molecule has 2 fully saturated rings. The van der Waals surface area contributed by atoms with Gasteiger partial charge in [0.1, 0.15) is 0 Å². The van der Waals surface area contributed by atoms with Gasteiger partial charge in [0, 0.05) is 54.7 Å². The van der Waals surface area contributed by atoms with Crippen LogP contribution in [-0.4, -0.2) is 60.4 Å². The normalized spacial score (nSPS) is 22.7. The van der Waals surface area contributed by atoms with Crippen molar-refractivity contribution in [3.63, 3.8) is 0 Å². The molecule has 220 valence electrons. The van der Waals surface area contributed by atoms with Gasteiger partial charge in [0.25, 0.3) is 5.91 Å². The molecule has 0 aromatic heterocycles. The van der Waals surface area contributed by atoms with E-state index in [1.165, 1.54) is 5.56 Å². The van der Waals surface area contributed by atoms with E-state index in [2.05, 4.69) is 36.1 Å². The van der Waals surface area contributed by atoms with E-state index in [0.717, 1.165) is 75.1 Å². The van der Waals surface area contributed by atoms with Crippen molar-refractivity contribution in [3.05, 3.63) is 99.5 Å². The Labute approximate surface area is 259 Å². The van der Waals surface area contributed by atoms with Crippen LogP contribution in [0.1, 0.15) is 67.4 Å². The molecule has 0 radical (unpaired) electrons. The third-order valence-corrected chi connectivity index (χ3v) is 10.9. The molecule has 0 aliphatic carbocycles. The lowest BCUT2D eigenvalue weighted by Gasteiger charge is -2.53. The summed E-state index contributed by atoms with van der Waals surface area (Å²) in [4.78, 5) is 33.0. The van der Waals surface area contributed by atoms with Crippen LogP contribution in [0.3, 0.4) is 0 Å². The highest BCUT2D eigenvalue weighted by Gasteiger charge is 2.50. The Hall–Kier alpha value is -2.86. The number of anilines is 1. The Morgan fingerprint density at radius 2 is 1.57 bits per heavy atom. The fourth-order valence-electron chi connectivity index (χ4n) is 8.13. The Balaban J connectivity index is 1.32. The summed E-state index contributed by atoms with van der Waals surface area (Å²) >= 11 is 13.0. The number of rotatable bonds is 5. The molecule has 5 nitrogen and oxygen atoms in total. The molecule has 6 rings (SSSR count). The van der Waals surface area contributed by atoms with Crippen molar-refractivity contribution in [2.45, 2.75) is 62.8 Å². The topological polar surface area (TPSA) is 43.9 Å². The summed E-state index contributed by atoms with van der Waals surface area (Å²) in [5, 5.41) is 1.10. The van der Waals surface area contributed by atoms with Crippen LogP contribution in [0.5, 0.6) is 0 Å². The second-order valence-corrected chi connectivity index (χ2v) is 13.2. The summed E-state index contributed by atoms with van der Waals surface area (Å²) in [6.07, 6.45) is 4.85. The standard InChI is InChI=1S/C35H39Cl2N3O2/c1-3-32(38-20-17-34(18-21-38)23-40(25(2)41)31-13-8-7-12-28(31)34)35(27-14-15-29(36)30(37)22-27)16-9-19-39(24-35)33(42)26-10-5-4-6-11-26/h4-8,10-15,22,32H,3,9,16-21,23-24H2,1-2H3. The number of amides is 2. The van der Waals surface area contributed by atoms with Crippen LogP contribution in [-0.2, 0) is 15.6 Å². The predicted octanol–water partition coefficient (Wildman–Crippen LogP) is 7.35. The van der Waals surface area contributed by atoms with Crippen molar-refractivity contribution >= 4 is 40.7 Å². The van der Waals surface area contributed by atoms with Crippen LogP contribution in [0.15, 0.2) is 72.8 Å². The van der Waals surface area contributed by atoms with Gasteiger partial charge in [-0.1, -0.05) is 72.6 Å². The summed E-state index contributed by atoms with van der Waals surface area (Å²) in [5.74, 6) is 0.191. The molecule has 2 atom stereocenters. The number of fused-ring (bicyclic) bond motifs is 2. The fourth-order valence-corrected chi connectivity index (χ4v) is 8.43. The van der Waals surface area contributed by atoms with Crippen molar-refractivity contribution in [2.75, 3.05) is 37.6 Å². The molecule has 3 aromatic rings. The minimum Gasteiger partial charge on any atom is -0.338 e. The van der Waals surface area contributed by atoms with Crippen LogP contribution in [0.4, 0.5) is 5.69 Å². The number of piperidine rings is 2. The zero-order valence-corrected chi connectivity index (χ0v) is 26.0. The van der Waals surface area contributed by atoms with Crippen molar-refractivity contribution < 1.29 is 9.59 Å². The molecule has 3 aromatic carbocycles. The van der Waals surface area contributed by atoms with Crippen LogP contribution in [0.25, 0.3) is 0 Å². The summed E-state index contributed by atoms with van der Waals surface area (Å²) in [6.45, 7) is 7.96. The highest BCUT2D eigenvalue weighted by Crippen LogP contribution is 2.49. The number of carbonyl (C=O) groups is 2. The van der Waals surface area contributed by atoms with E-state index < -0.39 is 0 Å². The van der Waals surface area contributed by atoms with E-state index in [-0.39, 0.29) is 28.7 Å². The van der Waals surface area contributed by atoms with E-state index in [0.29, 0.717) is 16.6 Å². The predicted molar refractivity (Wildman–Crippen MR) is 171 cm³/mol. The van der Waals surface area contributed by atoms with Gasteiger partial charge < -0.3 is 9.80 Å². The molecule has 2 unspecified atom stereocenters. The highest BCUT2D eigenvalue weighted by atomic mass is 35.5. The van der Waals surface area contributed by atoms with E-state index in [1.54, 1.807) is 6.92 Å². The zero-order chi connectivity index (χ0) is 29.5. The first kappa shape index (κ1) is 29.2. The number of benzene rings is 3. The first-order valence-corrected chi connectivity index (χ1v) is 16.0. The Kier molecular flexibility index (Phi) is 8.12. The van der Waals surface area contributed by atoms with Gasteiger partial charge in [-0.2, -0.15) is 0 Å². The SMILES string of the molecule is CCC(N1CCC2(CC1)CN(C(C)=O)c1ccccc12)C1(c2ccc(Cl)c(Cl)c2)CCCN(C(=O)c2ccccc2)C1. The molecule has 0 bridgehead atoms. The van der Waals surface area contributed by atoms with Gasteiger partial charge in [0.2, 0.25) is 5.91 Å². The van der Waals surface area contributed by atoms with Crippen LogP contribution in [0.2, 0.25) is 10.0 Å². The molecule has 0 saturated carbocycles. The summed E-state index contributed by atoms with van der Waals surface area (Å²) in [7, 11) is 0. The molecule has 2 saturated heterocycles. The molecular weight excluding hydrogens is 565 g/mol. The fraction of sp³-hybridized carbons (Fsp3) is 0.429. The summed E-state index contributed by atoms with van der Waals surface area (Å²) in [5.41, 5.74) is 3.96. The maximum absolute atomic E-state index is 13.7. The smallest absolute Gasteiger partial charge is 0.253 e. The zero-order valence-electron chi connectivity index (χ0n) is 24.5. The van der Waals surface area contributed by atoms with Crippen molar-refractivity contribution in [2.24, 2.45) is 0 Å². The average Bonchev–Trinajstić information content (AvgIpc) is 3.34. The number of halogens is 2. The van der Waals surface area contributed by atoms with Gasteiger partial charge in [-0.3, -0.25) is 14.5 Å². The molecule has 3 heterocycles. The Bertz CT molecular complexity index is 1470. The third-order valence-electron chi connectivity index (χ3n) is 10.2. The lowest BCUT2D eigenvalue weighted by atomic mass is 9.66. The second kappa shape index (κ2) is 11.7. The van der Waals surface area contributed by atoms with Gasteiger partial charge >= 0.3 is 0 Å². The molecule has 3 aliphatic rings. The average molecular weight is 605 g/mol. The third kappa shape index (κ3) is 5.04. The first-order valence-electron chi connectivity index (χ1n) is 15.2. The summed E-state index contributed by atoms with van der Waals surface area (Å²) in [6, 6.07) is 24.3. The molecule has 0 N–H and O–H groups in total. The van der Waals surface area contributed by atoms with Crippen molar-refractivity contribution in [1.82, 2.24) is 9.80 Å². The summed E-state index contributed by atoms with van der Waals surface area (Å²) < 4.78 is 0. The number of para-hydroxylation sites is 1. The largest absolute Gasteiger partial charge is 0.338 e. The Morgan fingerprint density at radius 3 is 2.26 bits per heavy atom. The highest BCUT2D eigenvalue weighted by molar-refractivity contribution is 6.42. The maximum Gasteiger partial charge on any atom is 0.253 e. The molecule has 1 spiro atoms. The van der Waals surface area contributed by atoms with E-state index in [9.17, 15) is 9.59 Å². The van der Waals surface area contributed by atoms with Gasteiger partial charge in [0.15, 0.2) is 0 Å². The second-order valence-electron chi connectivity index (χ2n) is 12.3. The van der Waals surface area contributed by atoms with Gasteiger partial charge in [0.05, 0.1) is 10.0 Å². The molecule has 3 aliphatic heterocycles. The minimum absolute atomic E-state index is 0.0182. The van der Waals surface area contributed by atoms with E-state index in [1.807, 2.05) is 58.3 Å².